The molecule has 0 aromatic carbocycles. The number of anilines is 3. The van der Waals surface area contributed by atoms with Crippen LogP contribution in [-0.4, -0.2) is 69.6 Å². The molecule has 0 aliphatic carbocycles. The van der Waals surface area contributed by atoms with E-state index in [1.54, 1.807) is 11.1 Å². The van der Waals surface area contributed by atoms with Crippen molar-refractivity contribution in [3.05, 3.63) is 23.7 Å². The Morgan fingerprint density at radius 3 is 2.73 bits per heavy atom. The lowest BCUT2D eigenvalue weighted by molar-refractivity contribution is -0.217. The van der Waals surface area contributed by atoms with Gasteiger partial charge in [0.15, 0.2) is 0 Å². The molecule has 2 aliphatic rings. The van der Waals surface area contributed by atoms with Gasteiger partial charge in [0.25, 0.3) is 0 Å². The minimum atomic E-state index is -4.57. The number of halogens is 5. The van der Waals surface area contributed by atoms with Crippen LogP contribution in [0, 0.1) is 0 Å². The normalized spacial score (nSPS) is 24.3. The first kappa shape index (κ1) is 21.1. The van der Waals surface area contributed by atoms with Crippen LogP contribution in [0.2, 0.25) is 0 Å². The van der Waals surface area contributed by atoms with Crippen LogP contribution in [0.5, 0.6) is 0 Å². The van der Waals surface area contributed by atoms with Crippen molar-refractivity contribution in [2.75, 3.05) is 44.0 Å². The number of ether oxygens (including phenoxy) is 1. The molecule has 0 bridgehead atoms. The van der Waals surface area contributed by atoms with Crippen molar-refractivity contribution in [1.82, 2.24) is 25.1 Å². The third kappa shape index (κ3) is 3.91. The number of hydrogen-bond acceptors (Lipinski definition) is 7. The molecule has 8 nitrogen and oxygen atoms in total. The summed E-state index contributed by atoms with van der Waals surface area (Å²) < 4.78 is 58.7. The molecular weight excluding hydrogens is 430 g/mol. The maximum Gasteiger partial charge on any atom is 0.421 e. The number of likely N-dealkylation sites (tertiary alicyclic amines) is 1. The summed E-state index contributed by atoms with van der Waals surface area (Å²) in [5.74, 6) is -2.01. The van der Waals surface area contributed by atoms with E-state index in [1.165, 1.54) is 7.05 Å². The lowest BCUT2D eigenvalue weighted by Gasteiger charge is -2.47. The molecule has 3 N–H and O–H groups in total. The molecule has 164 valence electrons. The van der Waals surface area contributed by atoms with Crippen LogP contribution >= 0.6 is 11.6 Å². The number of piperidine rings is 1. The summed E-state index contributed by atoms with van der Waals surface area (Å²) in [6, 6.07) is 0. The summed E-state index contributed by atoms with van der Waals surface area (Å²) >= 11 is 6.55. The van der Waals surface area contributed by atoms with Gasteiger partial charge in [-0.2, -0.15) is 23.3 Å². The van der Waals surface area contributed by atoms with Gasteiger partial charge in [-0.25, -0.2) is 9.37 Å². The molecule has 2 aromatic heterocycles. The van der Waals surface area contributed by atoms with Crippen molar-refractivity contribution < 1.29 is 22.3 Å². The highest BCUT2D eigenvalue weighted by Gasteiger charge is 2.48. The van der Waals surface area contributed by atoms with Crippen LogP contribution in [-0.2, 0) is 10.9 Å². The zero-order chi connectivity index (χ0) is 21.5. The fourth-order valence-corrected chi connectivity index (χ4v) is 4.09. The van der Waals surface area contributed by atoms with Gasteiger partial charge >= 0.3 is 6.18 Å². The summed E-state index contributed by atoms with van der Waals surface area (Å²) in [6.07, 6.45) is -1.74. The number of alkyl halides is 5. The number of rotatable bonds is 5. The largest absolute Gasteiger partial charge is 0.421 e. The minimum absolute atomic E-state index is 0.0205. The highest BCUT2D eigenvalue weighted by molar-refractivity contribution is 6.21. The number of hydrogen-bond donors (Lipinski definition) is 3. The monoisotopic (exact) mass is 449 g/mol. The molecule has 0 saturated carbocycles. The maximum absolute atomic E-state index is 14.6. The molecule has 4 rings (SSSR count). The summed E-state index contributed by atoms with van der Waals surface area (Å²) in [4.78, 5) is 9.35. The van der Waals surface area contributed by atoms with Gasteiger partial charge in [0, 0.05) is 38.4 Å². The average molecular weight is 450 g/mol. The number of nitrogens with zero attached hydrogens (tertiary/aromatic N) is 4. The Morgan fingerprint density at radius 1 is 1.37 bits per heavy atom. The molecule has 0 radical (unpaired) electrons. The van der Waals surface area contributed by atoms with E-state index in [9.17, 15) is 17.6 Å². The molecule has 13 heteroatoms. The standard InChI is InChI=1S/C17H20ClF4N7O/c1-23-14-10(17(20,21)22)4-24-15(27-14)26-12-5-25-28-13(12)9-2-3-29(6-11(9)18)16(19)7-30-8-16/h4-5,9,11H,2-3,6-8H2,1H3,(H,25,28)(H2,23,24,26,27)/t9?,11-/m1/s1. The van der Waals surface area contributed by atoms with E-state index < -0.39 is 22.9 Å². The van der Waals surface area contributed by atoms with Crippen molar-refractivity contribution in [3.8, 4) is 0 Å². The van der Waals surface area contributed by atoms with E-state index in [-0.39, 0.29) is 30.9 Å². The van der Waals surface area contributed by atoms with Crippen molar-refractivity contribution in [3.63, 3.8) is 0 Å². The molecule has 2 saturated heterocycles. The first-order valence-corrected chi connectivity index (χ1v) is 9.73. The molecule has 30 heavy (non-hydrogen) atoms. The molecule has 2 aromatic rings. The van der Waals surface area contributed by atoms with Gasteiger partial charge < -0.3 is 15.4 Å². The van der Waals surface area contributed by atoms with Crippen LogP contribution in [0.25, 0.3) is 0 Å². The quantitative estimate of drug-likeness (QED) is 0.367. The zero-order valence-electron chi connectivity index (χ0n) is 15.9. The Bertz CT molecular complexity index is 904. The topological polar surface area (TPSA) is 91.0 Å². The highest BCUT2D eigenvalue weighted by Crippen LogP contribution is 2.39. The van der Waals surface area contributed by atoms with Crippen LogP contribution in [0.15, 0.2) is 12.4 Å². The minimum Gasteiger partial charge on any atom is -0.372 e. The van der Waals surface area contributed by atoms with Crippen molar-refractivity contribution >= 4 is 29.1 Å². The highest BCUT2D eigenvalue weighted by atomic mass is 35.5. The lowest BCUT2D eigenvalue weighted by Crippen LogP contribution is -2.62. The second-order valence-corrected chi connectivity index (χ2v) is 7.84. The van der Waals surface area contributed by atoms with Crippen LogP contribution < -0.4 is 10.6 Å². The van der Waals surface area contributed by atoms with Gasteiger partial charge in [-0.1, -0.05) is 0 Å². The van der Waals surface area contributed by atoms with Gasteiger partial charge in [0.05, 0.1) is 30.0 Å². The molecule has 2 fully saturated rings. The average Bonchev–Trinajstić information content (AvgIpc) is 3.12. The van der Waals surface area contributed by atoms with E-state index in [2.05, 4.69) is 30.8 Å². The number of aromatic amines is 1. The Hall–Kier alpha value is -2.18. The number of nitrogens with one attached hydrogen (secondary N) is 3. The Morgan fingerprint density at radius 2 is 2.13 bits per heavy atom. The molecule has 2 aliphatic heterocycles. The second kappa shape index (κ2) is 7.82. The zero-order valence-corrected chi connectivity index (χ0v) is 16.7. The fraction of sp³-hybridized carbons (Fsp3) is 0.588. The Labute approximate surface area is 174 Å². The van der Waals surface area contributed by atoms with Crippen LogP contribution in [0.4, 0.5) is 35.0 Å². The van der Waals surface area contributed by atoms with Crippen molar-refractivity contribution in [1.29, 1.82) is 0 Å². The molecule has 2 atom stereocenters. The van der Waals surface area contributed by atoms with E-state index >= 15 is 0 Å². The Kier molecular flexibility index (Phi) is 5.49. The van der Waals surface area contributed by atoms with E-state index in [0.29, 0.717) is 37.1 Å². The molecule has 4 heterocycles. The van der Waals surface area contributed by atoms with E-state index in [4.69, 9.17) is 16.3 Å². The van der Waals surface area contributed by atoms with Crippen LogP contribution in [0.1, 0.15) is 23.6 Å². The summed E-state index contributed by atoms with van der Waals surface area (Å²) in [7, 11) is 1.35. The van der Waals surface area contributed by atoms with Crippen molar-refractivity contribution in [2.24, 2.45) is 0 Å². The third-order valence-corrected chi connectivity index (χ3v) is 5.80. The fourth-order valence-electron chi connectivity index (χ4n) is 3.67. The number of aromatic nitrogens is 4. The first-order chi connectivity index (χ1) is 14.2. The van der Waals surface area contributed by atoms with Gasteiger partial charge in [0.2, 0.25) is 11.7 Å². The second-order valence-electron chi connectivity index (χ2n) is 7.28. The molecule has 1 unspecified atom stereocenters. The first-order valence-electron chi connectivity index (χ1n) is 9.30. The maximum atomic E-state index is 14.6. The van der Waals surface area contributed by atoms with Gasteiger partial charge in [-0.15, -0.1) is 11.6 Å². The molecule has 0 spiro atoms. The third-order valence-electron chi connectivity index (χ3n) is 5.35. The number of H-pyrrole nitrogens is 1. The van der Waals surface area contributed by atoms with E-state index in [1.807, 2.05) is 0 Å². The summed E-state index contributed by atoms with van der Waals surface area (Å²) in [5, 5.41) is 11.9. The predicted octanol–water partition coefficient (Wildman–Crippen LogP) is 3.10. The smallest absolute Gasteiger partial charge is 0.372 e. The van der Waals surface area contributed by atoms with Gasteiger partial charge in [-0.3, -0.25) is 10.00 Å². The van der Waals surface area contributed by atoms with Crippen LogP contribution in [0.3, 0.4) is 0 Å². The summed E-state index contributed by atoms with van der Waals surface area (Å²) in [6.45, 7) is 0.894. The van der Waals surface area contributed by atoms with Gasteiger partial charge in [0.1, 0.15) is 11.4 Å². The van der Waals surface area contributed by atoms with Crippen molar-refractivity contribution in [2.45, 2.75) is 29.7 Å². The van der Waals surface area contributed by atoms with E-state index in [0.717, 1.165) is 0 Å². The van der Waals surface area contributed by atoms with Gasteiger partial charge in [-0.05, 0) is 6.42 Å². The molecular formula is C17H20ClF4N7O. The summed E-state index contributed by atoms with van der Waals surface area (Å²) in [5.41, 5.74) is 0.140. The molecule has 0 amide bonds. The SMILES string of the molecule is CNc1nc(Nc2c[nH]nc2C2CCN(C3(F)COC3)C[C@H]2Cl)ncc1C(F)(F)F. The predicted molar refractivity (Wildman–Crippen MR) is 102 cm³/mol. The lowest BCUT2D eigenvalue weighted by atomic mass is 9.91. The Balaban J connectivity index is 1.50.